The van der Waals surface area contributed by atoms with Crippen LogP contribution in [0, 0.1) is 24.6 Å². The van der Waals surface area contributed by atoms with Crippen LogP contribution < -0.4 is 5.73 Å². The number of aryl methyl sites for hydroxylation is 1. The third-order valence-electron chi connectivity index (χ3n) is 4.43. The SMILES string of the molecule is Cc1cc(F)ccc1C1(N)CCC(C)C(C)C1. The van der Waals surface area contributed by atoms with E-state index in [4.69, 9.17) is 5.73 Å². The number of benzene rings is 1. The Morgan fingerprint density at radius 1 is 1.29 bits per heavy atom. The molecule has 1 fully saturated rings. The molecule has 94 valence electrons. The van der Waals surface area contributed by atoms with Crippen molar-refractivity contribution in [3.63, 3.8) is 0 Å². The van der Waals surface area contributed by atoms with Gasteiger partial charge in [-0.05, 0) is 61.3 Å². The Bertz CT molecular complexity index is 415. The molecule has 2 rings (SSSR count). The van der Waals surface area contributed by atoms with Crippen LogP contribution in [0.3, 0.4) is 0 Å². The molecule has 0 amide bonds. The zero-order valence-electron chi connectivity index (χ0n) is 11.0. The van der Waals surface area contributed by atoms with E-state index in [-0.39, 0.29) is 11.4 Å². The molecule has 0 spiro atoms. The molecule has 0 saturated heterocycles. The fourth-order valence-corrected chi connectivity index (χ4v) is 3.08. The van der Waals surface area contributed by atoms with E-state index in [1.54, 1.807) is 6.07 Å². The molecule has 0 heterocycles. The Kier molecular flexibility index (Phi) is 3.26. The number of rotatable bonds is 1. The smallest absolute Gasteiger partial charge is 0.123 e. The second-order valence-corrected chi connectivity index (χ2v) is 5.81. The fourth-order valence-electron chi connectivity index (χ4n) is 3.08. The monoisotopic (exact) mass is 235 g/mol. The van der Waals surface area contributed by atoms with Crippen LogP contribution in [0.5, 0.6) is 0 Å². The van der Waals surface area contributed by atoms with Gasteiger partial charge in [-0.2, -0.15) is 0 Å². The molecule has 1 aliphatic carbocycles. The largest absolute Gasteiger partial charge is 0.321 e. The van der Waals surface area contributed by atoms with E-state index in [0.29, 0.717) is 5.92 Å². The predicted molar refractivity (Wildman–Crippen MR) is 69.2 cm³/mol. The maximum atomic E-state index is 13.1. The second kappa shape index (κ2) is 4.41. The van der Waals surface area contributed by atoms with E-state index in [1.807, 2.05) is 13.0 Å². The summed E-state index contributed by atoms with van der Waals surface area (Å²) in [5.74, 6) is 1.21. The van der Waals surface area contributed by atoms with Gasteiger partial charge in [-0.15, -0.1) is 0 Å². The summed E-state index contributed by atoms with van der Waals surface area (Å²) in [5.41, 5.74) is 8.40. The van der Waals surface area contributed by atoms with Gasteiger partial charge < -0.3 is 5.73 Å². The van der Waals surface area contributed by atoms with Gasteiger partial charge >= 0.3 is 0 Å². The van der Waals surface area contributed by atoms with Crippen molar-refractivity contribution in [3.05, 3.63) is 35.1 Å². The molecule has 0 radical (unpaired) electrons. The molecule has 0 aliphatic heterocycles. The minimum absolute atomic E-state index is 0.174. The van der Waals surface area contributed by atoms with Crippen LogP contribution in [0.4, 0.5) is 4.39 Å². The summed E-state index contributed by atoms with van der Waals surface area (Å²) in [6.07, 6.45) is 3.17. The summed E-state index contributed by atoms with van der Waals surface area (Å²) in [6, 6.07) is 4.99. The predicted octanol–water partition coefficient (Wildman–Crippen LogP) is 3.74. The summed E-state index contributed by atoms with van der Waals surface area (Å²) < 4.78 is 13.1. The first kappa shape index (κ1) is 12.6. The van der Waals surface area contributed by atoms with E-state index in [0.717, 1.165) is 36.3 Å². The topological polar surface area (TPSA) is 26.0 Å². The molecule has 2 N–H and O–H groups in total. The highest BCUT2D eigenvalue weighted by Crippen LogP contribution is 2.41. The van der Waals surface area contributed by atoms with E-state index < -0.39 is 0 Å². The van der Waals surface area contributed by atoms with E-state index >= 15 is 0 Å². The lowest BCUT2D eigenvalue weighted by Gasteiger charge is -2.41. The average Bonchev–Trinajstić information content (AvgIpc) is 2.24. The van der Waals surface area contributed by atoms with Crippen LogP contribution in [0.25, 0.3) is 0 Å². The lowest BCUT2D eigenvalue weighted by atomic mass is 9.68. The van der Waals surface area contributed by atoms with Gasteiger partial charge in [0.25, 0.3) is 0 Å². The highest BCUT2D eigenvalue weighted by molar-refractivity contribution is 5.33. The van der Waals surface area contributed by atoms with Crippen molar-refractivity contribution < 1.29 is 4.39 Å². The van der Waals surface area contributed by atoms with Gasteiger partial charge in [-0.3, -0.25) is 0 Å². The van der Waals surface area contributed by atoms with Crippen molar-refractivity contribution in [2.75, 3.05) is 0 Å². The molecule has 2 heteroatoms. The van der Waals surface area contributed by atoms with Gasteiger partial charge in [0.15, 0.2) is 0 Å². The van der Waals surface area contributed by atoms with E-state index in [1.165, 1.54) is 6.07 Å². The third kappa shape index (κ3) is 2.37. The Labute approximate surface area is 103 Å². The molecule has 0 aromatic heterocycles. The number of halogens is 1. The molecule has 3 unspecified atom stereocenters. The highest BCUT2D eigenvalue weighted by atomic mass is 19.1. The Hall–Kier alpha value is -0.890. The standard InChI is InChI=1S/C15H22FN/c1-10-6-7-15(17,9-12(10)3)14-5-4-13(16)8-11(14)2/h4-5,8,10,12H,6-7,9,17H2,1-3H3. The van der Waals surface area contributed by atoms with Crippen molar-refractivity contribution in [3.8, 4) is 0 Å². The molecule has 1 aromatic carbocycles. The summed E-state index contributed by atoms with van der Waals surface area (Å²) >= 11 is 0. The zero-order valence-corrected chi connectivity index (χ0v) is 11.0. The van der Waals surface area contributed by atoms with Crippen LogP contribution >= 0.6 is 0 Å². The minimum atomic E-state index is -0.260. The molecule has 0 bridgehead atoms. The van der Waals surface area contributed by atoms with Crippen LogP contribution in [0.1, 0.15) is 44.2 Å². The van der Waals surface area contributed by atoms with E-state index in [2.05, 4.69) is 13.8 Å². The zero-order chi connectivity index (χ0) is 12.6. The van der Waals surface area contributed by atoms with Gasteiger partial charge in [0.1, 0.15) is 5.82 Å². The molecule has 1 saturated carbocycles. The van der Waals surface area contributed by atoms with Gasteiger partial charge in [-0.1, -0.05) is 19.9 Å². The quantitative estimate of drug-likeness (QED) is 0.788. The second-order valence-electron chi connectivity index (χ2n) is 5.81. The van der Waals surface area contributed by atoms with Crippen molar-refractivity contribution in [2.24, 2.45) is 17.6 Å². The molecule has 1 aromatic rings. The molecule has 3 atom stereocenters. The van der Waals surface area contributed by atoms with Crippen molar-refractivity contribution in [1.29, 1.82) is 0 Å². The normalized spacial score (nSPS) is 33.7. The van der Waals surface area contributed by atoms with Crippen molar-refractivity contribution >= 4 is 0 Å². The molecular formula is C15H22FN. The Morgan fingerprint density at radius 3 is 2.59 bits per heavy atom. The Morgan fingerprint density at radius 2 is 2.00 bits per heavy atom. The van der Waals surface area contributed by atoms with Crippen LogP contribution in [0.15, 0.2) is 18.2 Å². The van der Waals surface area contributed by atoms with Gasteiger partial charge in [0.05, 0.1) is 0 Å². The summed E-state index contributed by atoms with van der Waals surface area (Å²) in [6.45, 7) is 6.52. The molecule has 1 nitrogen and oxygen atoms in total. The van der Waals surface area contributed by atoms with Gasteiger partial charge in [0.2, 0.25) is 0 Å². The van der Waals surface area contributed by atoms with Gasteiger partial charge in [-0.25, -0.2) is 4.39 Å². The van der Waals surface area contributed by atoms with Crippen LogP contribution in [-0.4, -0.2) is 0 Å². The van der Waals surface area contributed by atoms with Crippen LogP contribution in [0.2, 0.25) is 0 Å². The third-order valence-corrected chi connectivity index (χ3v) is 4.43. The van der Waals surface area contributed by atoms with Gasteiger partial charge in [0, 0.05) is 5.54 Å². The van der Waals surface area contributed by atoms with Crippen molar-refractivity contribution in [1.82, 2.24) is 0 Å². The lowest BCUT2D eigenvalue weighted by molar-refractivity contribution is 0.176. The highest BCUT2D eigenvalue weighted by Gasteiger charge is 2.36. The Balaban J connectivity index is 2.32. The molecule has 1 aliphatic rings. The lowest BCUT2D eigenvalue weighted by Crippen LogP contribution is -2.43. The molecule has 17 heavy (non-hydrogen) atoms. The fraction of sp³-hybridized carbons (Fsp3) is 0.600. The maximum Gasteiger partial charge on any atom is 0.123 e. The first-order valence-electron chi connectivity index (χ1n) is 6.48. The average molecular weight is 235 g/mol. The minimum Gasteiger partial charge on any atom is -0.321 e. The number of nitrogens with two attached hydrogens (primary N) is 1. The summed E-state index contributed by atoms with van der Waals surface area (Å²) in [7, 11) is 0. The maximum absolute atomic E-state index is 13.1. The van der Waals surface area contributed by atoms with Crippen molar-refractivity contribution in [2.45, 2.75) is 45.6 Å². The molecular weight excluding hydrogens is 213 g/mol. The number of hydrogen-bond acceptors (Lipinski definition) is 1. The van der Waals surface area contributed by atoms with E-state index in [9.17, 15) is 4.39 Å². The van der Waals surface area contributed by atoms with Crippen LogP contribution in [-0.2, 0) is 5.54 Å². The summed E-state index contributed by atoms with van der Waals surface area (Å²) in [4.78, 5) is 0. The first-order chi connectivity index (χ1) is 7.92. The summed E-state index contributed by atoms with van der Waals surface area (Å²) in [5, 5.41) is 0. The number of hydrogen-bond donors (Lipinski definition) is 1. The first-order valence-corrected chi connectivity index (χ1v) is 6.48.